The summed E-state index contributed by atoms with van der Waals surface area (Å²) in [5.41, 5.74) is 1.03. The summed E-state index contributed by atoms with van der Waals surface area (Å²) in [7, 11) is 1.64. The van der Waals surface area contributed by atoms with Crippen LogP contribution in [-0.2, 0) is 16.1 Å². The number of ether oxygens (including phenoxy) is 2. The third kappa shape index (κ3) is 7.45. The van der Waals surface area contributed by atoms with E-state index in [9.17, 15) is 4.79 Å². The topological polar surface area (TPSA) is 59.6 Å². The molecule has 0 aliphatic carbocycles. The number of nitrogens with one attached hydrogen (secondary N) is 2. The van der Waals surface area contributed by atoms with Crippen LogP contribution < -0.4 is 15.4 Å². The number of benzene rings is 1. The lowest BCUT2D eigenvalue weighted by atomic mass is 10.2. The Balaban J connectivity index is 2.44. The molecule has 0 fully saturated rings. The Morgan fingerprint density at radius 2 is 2.19 bits per heavy atom. The standard InChI is InChI=1S/C15H23BrN2O3/c1-3-17-10-12-9-13(16)5-6-14(12)21-11-15(19)18-7-4-8-20-2/h5-6,9,17H,3-4,7-8,10-11H2,1-2H3,(H,18,19). The molecule has 0 atom stereocenters. The Morgan fingerprint density at radius 3 is 2.90 bits per heavy atom. The van der Waals surface area contributed by atoms with E-state index in [2.05, 4.69) is 26.6 Å². The second-order valence-corrected chi connectivity index (χ2v) is 5.43. The first-order chi connectivity index (χ1) is 10.2. The Labute approximate surface area is 134 Å². The lowest BCUT2D eigenvalue weighted by Crippen LogP contribution is -2.30. The summed E-state index contributed by atoms with van der Waals surface area (Å²) in [6, 6.07) is 5.77. The molecule has 1 amide bonds. The molecular formula is C15H23BrN2O3. The third-order valence-corrected chi connectivity index (χ3v) is 3.29. The predicted molar refractivity (Wildman–Crippen MR) is 86.5 cm³/mol. The molecule has 118 valence electrons. The molecule has 0 aliphatic rings. The molecule has 6 heteroatoms. The van der Waals surface area contributed by atoms with Gasteiger partial charge in [0, 0.05) is 36.8 Å². The zero-order valence-electron chi connectivity index (χ0n) is 12.6. The first kappa shape index (κ1) is 17.9. The van der Waals surface area contributed by atoms with Gasteiger partial charge in [-0.25, -0.2) is 0 Å². The highest BCUT2D eigenvalue weighted by molar-refractivity contribution is 9.10. The lowest BCUT2D eigenvalue weighted by molar-refractivity contribution is -0.123. The van der Waals surface area contributed by atoms with Crippen LogP contribution in [0.25, 0.3) is 0 Å². The molecule has 0 saturated heterocycles. The summed E-state index contributed by atoms with van der Waals surface area (Å²) in [5, 5.41) is 6.05. The number of amides is 1. The fourth-order valence-corrected chi connectivity index (χ4v) is 2.13. The Kier molecular flexibility index (Phi) is 9.05. The van der Waals surface area contributed by atoms with E-state index in [1.54, 1.807) is 7.11 Å². The molecule has 1 rings (SSSR count). The molecular weight excluding hydrogens is 336 g/mol. The van der Waals surface area contributed by atoms with Crippen LogP contribution in [0.2, 0.25) is 0 Å². The van der Waals surface area contributed by atoms with E-state index in [1.165, 1.54) is 0 Å². The fraction of sp³-hybridized carbons (Fsp3) is 0.533. The summed E-state index contributed by atoms with van der Waals surface area (Å²) in [4.78, 5) is 11.7. The maximum atomic E-state index is 11.7. The summed E-state index contributed by atoms with van der Waals surface area (Å²) in [6.07, 6.45) is 0.798. The van der Waals surface area contributed by atoms with Gasteiger partial charge >= 0.3 is 0 Å². The Hall–Kier alpha value is -1.11. The molecule has 0 saturated carbocycles. The van der Waals surface area contributed by atoms with Crippen LogP contribution in [0.5, 0.6) is 5.75 Å². The summed E-state index contributed by atoms with van der Waals surface area (Å²) < 4.78 is 11.5. The average Bonchev–Trinajstić information content (AvgIpc) is 2.48. The molecule has 5 nitrogen and oxygen atoms in total. The number of hydrogen-bond donors (Lipinski definition) is 2. The minimum absolute atomic E-state index is 0.0216. The minimum Gasteiger partial charge on any atom is -0.483 e. The van der Waals surface area contributed by atoms with Crippen LogP contribution in [-0.4, -0.2) is 39.3 Å². The molecule has 0 aliphatic heterocycles. The van der Waals surface area contributed by atoms with Crippen LogP contribution in [0.1, 0.15) is 18.9 Å². The smallest absolute Gasteiger partial charge is 0.257 e. The van der Waals surface area contributed by atoms with Crippen molar-refractivity contribution >= 4 is 21.8 Å². The van der Waals surface area contributed by atoms with Crippen molar-refractivity contribution in [2.75, 3.05) is 33.4 Å². The van der Waals surface area contributed by atoms with Gasteiger partial charge < -0.3 is 20.1 Å². The largest absolute Gasteiger partial charge is 0.483 e. The number of methoxy groups -OCH3 is 1. The van der Waals surface area contributed by atoms with Crippen molar-refractivity contribution in [2.24, 2.45) is 0 Å². The second kappa shape index (κ2) is 10.6. The van der Waals surface area contributed by atoms with Crippen LogP contribution >= 0.6 is 15.9 Å². The molecule has 0 radical (unpaired) electrons. The van der Waals surface area contributed by atoms with Crippen molar-refractivity contribution < 1.29 is 14.3 Å². The summed E-state index contributed by atoms with van der Waals surface area (Å²) in [5.74, 6) is 0.606. The maximum Gasteiger partial charge on any atom is 0.257 e. The number of halogens is 1. The zero-order valence-corrected chi connectivity index (χ0v) is 14.2. The number of carbonyl (C=O) groups excluding carboxylic acids is 1. The fourth-order valence-electron chi connectivity index (χ4n) is 1.73. The van der Waals surface area contributed by atoms with Crippen molar-refractivity contribution in [3.05, 3.63) is 28.2 Å². The monoisotopic (exact) mass is 358 g/mol. The van der Waals surface area contributed by atoms with Crippen molar-refractivity contribution in [1.29, 1.82) is 0 Å². The van der Waals surface area contributed by atoms with Gasteiger partial charge in [-0.05, 0) is 31.2 Å². The highest BCUT2D eigenvalue weighted by Crippen LogP contribution is 2.23. The van der Waals surface area contributed by atoms with Crippen molar-refractivity contribution in [3.8, 4) is 5.75 Å². The van der Waals surface area contributed by atoms with Gasteiger partial charge in [-0.2, -0.15) is 0 Å². The van der Waals surface area contributed by atoms with Gasteiger partial charge in [0.1, 0.15) is 5.75 Å². The molecule has 1 aromatic carbocycles. The molecule has 0 bridgehead atoms. The van der Waals surface area contributed by atoms with E-state index in [1.807, 2.05) is 25.1 Å². The van der Waals surface area contributed by atoms with E-state index >= 15 is 0 Å². The SMILES string of the molecule is CCNCc1cc(Br)ccc1OCC(=O)NCCCOC. The van der Waals surface area contributed by atoms with Gasteiger partial charge in [-0.1, -0.05) is 22.9 Å². The molecule has 0 unspecified atom stereocenters. The van der Waals surface area contributed by atoms with E-state index < -0.39 is 0 Å². The molecule has 21 heavy (non-hydrogen) atoms. The van der Waals surface area contributed by atoms with Gasteiger partial charge in [-0.3, -0.25) is 4.79 Å². The zero-order chi connectivity index (χ0) is 15.5. The number of carbonyl (C=O) groups is 1. The normalized spacial score (nSPS) is 10.4. The van der Waals surface area contributed by atoms with Crippen molar-refractivity contribution in [3.63, 3.8) is 0 Å². The van der Waals surface area contributed by atoms with Crippen LogP contribution in [0.4, 0.5) is 0 Å². The average molecular weight is 359 g/mol. The molecule has 0 aromatic heterocycles. The Morgan fingerprint density at radius 1 is 1.38 bits per heavy atom. The molecule has 0 heterocycles. The number of hydrogen-bond acceptors (Lipinski definition) is 4. The van der Waals surface area contributed by atoms with Crippen molar-refractivity contribution in [2.45, 2.75) is 19.9 Å². The van der Waals surface area contributed by atoms with Crippen LogP contribution in [0, 0.1) is 0 Å². The molecule has 0 spiro atoms. The molecule has 2 N–H and O–H groups in total. The quantitative estimate of drug-likeness (QED) is 0.628. The van der Waals surface area contributed by atoms with E-state index in [0.29, 0.717) is 19.7 Å². The van der Waals surface area contributed by atoms with Gasteiger partial charge in [0.15, 0.2) is 6.61 Å². The van der Waals surface area contributed by atoms with Gasteiger partial charge in [0.2, 0.25) is 0 Å². The Bertz CT molecular complexity index is 441. The van der Waals surface area contributed by atoms with Crippen LogP contribution in [0.3, 0.4) is 0 Å². The van der Waals surface area contributed by atoms with Crippen LogP contribution in [0.15, 0.2) is 22.7 Å². The summed E-state index contributed by atoms with van der Waals surface area (Å²) >= 11 is 3.44. The predicted octanol–water partition coefficient (Wildman–Crippen LogP) is 2.09. The highest BCUT2D eigenvalue weighted by Gasteiger charge is 2.07. The summed E-state index contributed by atoms with van der Waals surface area (Å²) in [6.45, 7) is 4.90. The van der Waals surface area contributed by atoms with Gasteiger partial charge in [0.05, 0.1) is 0 Å². The van der Waals surface area contributed by atoms with Gasteiger partial charge in [-0.15, -0.1) is 0 Å². The lowest BCUT2D eigenvalue weighted by Gasteiger charge is -2.12. The van der Waals surface area contributed by atoms with E-state index in [-0.39, 0.29) is 12.5 Å². The first-order valence-electron chi connectivity index (χ1n) is 7.05. The minimum atomic E-state index is -0.122. The molecule has 1 aromatic rings. The van der Waals surface area contributed by atoms with E-state index in [0.717, 1.165) is 28.8 Å². The van der Waals surface area contributed by atoms with Crippen molar-refractivity contribution in [1.82, 2.24) is 10.6 Å². The van der Waals surface area contributed by atoms with E-state index in [4.69, 9.17) is 9.47 Å². The third-order valence-electron chi connectivity index (χ3n) is 2.79. The maximum absolute atomic E-state index is 11.7. The highest BCUT2D eigenvalue weighted by atomic mass is 79.9. The second-order valence-electron chi connectivity index (χ2n) is 4.52. The number of rotatable bonds is 10. The van der Waals surface area contributed by atoms with Gasteiger partial charge in [0.25, 0.3) is 5.91 Å². The first-order valence-corrected chi connectivity index (χ1v) is 7.84.